The number of amides is 1. The van der Waals surface area contributed by atoms with Gasteiger partial charge in [0.1, 0.15) is 0 Å². The monoisotopic (exact) mass is 316 g/mol. The summed E-state index contributed by atoms with van der Waals surface area (Å²) in [6.45, 7) is 0.447. The highest BCUT2D eigenvalue weighted by molar-refractivity contribution is 7.89. The van der Waals surface area contributed by atoms with E-state index in [0.717, 1.165) is 19.3 Å². The highest BCUT2D eigenvalue weighted by Gasteiger charge is 2.24. The summed E-state index contributed by atoms with van der Waals surface area (Å²) in [4.78, 5) is 11.7. The van der Waals surface area contributed by atoms with Crippen LogP contribution in [0, 0.1) is 5.92 Å². The molecule has 7 heteroatoms. The number of halogens is 1. The molecule has 0 heterocycles. The number of carbonyl (C=O) groups excluding carboxylic acids is 1. The first-order valence-corrected chi connectivity index (χ1v) is 8.38. The van der Waals surface area contributed by atoms with Crippen molar-refractivity contribution >= 4 is 27.5 Å². The van der Waals surface area contributed by atoms with Crippen LogP contribution in [0.1, 0.15) is 19.3 Å². The van der Waals surface area contributed by atoms with E-state index in [1.165, 1.54) is 12.1 Å². The van der Waals surface area contributed by atoms with Gasteiger partial charge in [0.25, 0.3) is 0 Å². The summed E-state index contributed by atoms with van der Waals surface area (Å²) in [5.74, 6) is 0.123. The van der Waals surface area contributed by atoms with E-state index in [2.05, 4.69) is 10.0 Å². The van der Waals surface area contributed by atoms with Crippen molar-refractivity contribution in [3.63, 3.8) is 0 Å². The molecule has 0 aliphatic heterocycles. The van der Waals surface area contributed by atoms with Crippen LogP contribution < -0.4 is 10.0 Å². The van der Waals surface area contributed by atoms with Crippen molar-refractivity contribution in [1.82, 2.24) is 10.0 Å². The molecule has 0 radical (unpaired) electrons. The lowest BCUT2D eigenvalue weighted by molar-refractivity contribution is -0.127. The van der Waals surface area contributed by atoms with E-state index in [1.807, 2.05) is 0 Å². The lowest BCUT2D eigenvalue weighted by atomic mass is 9.85. The Kier molecular flexibility index (Phi) is 5.01. The van der Waals surface area contributed by atoms with E-state index in [9.17, 15) is 13.2 Å². The third-order valence-corrected chi connectivity index (χ3v) is 4.99. The summed E-state index contributed by atoms with van der Waals surface area (Å²) in [5, 5.41) is 3.09. The fourth-order valence-corrected chi connectivity index (χ4v) is 3.24. The first kappa shape index (κ1) is 15.3. The Hall–Kier alpha value is -1.11. The van der Waals surface area contributed by atoms with Gasteiger partial charge < -0.3 is 5.32 Å². The first-order valence-electron chi connectivity index (χ1n) is 6.52. The topological polar surface area (TPSA) is 75.3 Å². The first-order chi connectivity index (χ1) is 9.49. The molecule has 1 amide bonds. The predicted octanol–water partition coefficient (Wildman–Crippen LogP) is 1.53. The molecule has 1 aliphatic carbocycles. The molecule has 0 spiro atoms. The lowest BCUT2D eigenvalue weighted by Gasteiger charge is -2.24. The van der Waals surface area contributed by atoms with Crippen molar-refractivity contribution in [2.24, 2.45) is 5.92 Å². The van der Waals surface area contributed by atoms with Gasteiger partial charge in [-0.1, -0.05) is 24.1 Å². The fourth-order valence-electron chi connectivity index (χ4n) is 1.90. The van der Waals surface area contributed by atoms with E-state index < -0.39 is 10.0 Å². The van der Waals surface area contributed by atoms with Crippen molar-refractivity contribution in [3.8, 4) is 0 Å². The molecule has 20 heavy (non-hydrogen) atoms. The second kappa shape index (κ2) is 6.56. The van der Waals surface area contributed by atoms with Crippen LogP contribution in [0.5, 0.6) is 0 Å². The zero-order chi connectivity index (χ0) is 14.6. The maximum atomic E-state index is 11.9. The summed E-state index contributed by atoms with van der Waals surface area (Å²) in [6, 6.07) is 6.05. The summed E-state index contributed by atoms with van der Waals surface area (Å²) in [7, 11) is -3.58. The van der Waals surface area contributed by atoms with Crippen LogP contribution in [0.25, 0.3) is 0 Å². The van der Waals surface area contributed by atoms with Crippen LogP contribution >= 0.6 is 11.6 Å². The SMILES string of the molecule is O=C(NCCNS(=O)(=O)c1cccc(Cl)c1)C1CCC1. The molecule has 110 valence electrons. The van der Waals surface area contributed by atoms with E-state index >= 15 is 0 Å². The van der Waals surface area contributed by atoms with Gasteiger partial charge >= 0.3 is 0 Å². The van der Waals surface area contributed by atoms with Gasteiger partial charge in [0.15, 0.2) is 0 Å². The Morgan fingerprint density at radius 2 is 2.05 bits per heavy atom. The number of hydrogen-bond acceptors (Lipinski definition) is 3. The standard InChI is InChI=1S/C13H17ClN2O3S/c14-11-5-2-6-12(9-11)20(18,19)16-8-7-15-13(17)10-3-1-4-10/h2,5-6,9-10,16H,1,3-4,7-8H2,(H,15,17). The molecule has 0 aromatic heterocycles. The zero-order valence-corrected chi connectivity index (χ0v) is 12.5. The fraction of sp³-hybridized carbons (Fsp3) is 0.462. The Balaban J connectivity index is 1.79. The molecule has 0 unspecified atom stereocenters. The Morgan fingerprint density at radius 1 is 1.30 bits per heavy atom. The van der Waals surface area contributed by atoms with Crippen molar-refractivity contribution in [2.75, 3.05) is 13.1 Å². The number of carbonyl (C=O) groups is 1. The van der Waals surface area contributed by atoms with Gasteiger partial charge in [-0.15, -0.1) is 0 Å². The third-order valence-electron chi connectivity index (χ3n) is 3.30. The Morgan fingerprint density at radius 3 is 2.65 bits per heavy atom. The Labute approximate surface area is 123 Å². The molecule has 0 atom stereocenters. The minimum atomic E-state index is -3.58. The highest BCUT2D eigenvalue weighted by atomic mass is 35.5. The lowest BCUT2D eigenvalue weighted by Crippen LogP contribution is -2.39. The van der Waals surface area contributed by atoms with Crippen molar-refractivity contribution in [3.05, 3.63) is 29.3 Å². The second-order valence-electron chi connectivity index (χ2n) is 4.77. The quantitative estimate of drug-likeness (QED) is 0.782. The van der Waals surface area contributed by atoms with Gasteiger partial charge in [0.2, 0.25) is 15.9 Å². The molecule has 2 N–H and O–H groups in total. The predicted molar refractivity (Wildman–Crippen MR) is 77.0 cm³/mol. The molecular weight excluding hydrogens is 300 g/mol. The van der Waals surface area contributed by atoms with Crippen LogP contribution in [0.2, 0.25) is 5.02 Å². The molecule has 5 nitrogen and oxygen atoms in total. The van der Waals surface area contributed by atoms with Crippen molar-refractivity contribution in [1.29, 1.82) is 0 Å². The molecule has 2 rings (SSSR count). The van der Waals surface area contributed by atoms with Gasteiger partial charge in [-0.3, -0.25) is 4.79 Å². The van der Waals surface area contributed by atoms with Gasteiger partial charge in [-0.2, -0.15) is 0 Å². The molecular formula is C13H17ClN2O3S. The van der Waals surface area contributed by atoms with E-state index in [0.29, 0.717) is 5.02 Å². The van der Waals surface area contributed by atoms with Crippen molar-refractivity contribution in [2.45, 2.75) is 24.2 Å². The molecule has 1 aromatic rings. The normalized spacial score (nSPS) is 15.7. The van der Waals surface area contributed by atoms with Crippen LogP contribution in [-0.4, -0.2) is 27.4 Å². The number of nitrogens with one attached hydrogen (secondary N) is 2. The molecule has 1 saturated carbocycles. The number of sulfonamides is 1. The van der Waals surface area contributed by atoms with Gasteiger partial charge in [-0.25, -0.2) is 13.1 Å². The summed E-state index contributed by atoms with van der Waals surface area (Å²) in [5.41, 5.74) is 0. The van der Waals surface area contributed by atoms with Crippen molar-refractivity contribution < 1.29 is 13.2 Å². The minimum absolute atomic E-state index is 0.0122. The van der Waals surface area contributed by atoms with E-state index in [-0.39, 0.29) is 29.8 Å². The van der Waals surface area contributed by atoms with E-state index in [4.69, 9.17) is 11.6 Å². The molecule has 1 aromatic carbocycles. The largest absolute Gasteiger partial charge is 0.355 e. The molecule has 0 bridgehead atoms. The van der Waals surface area contributed by atoms with Crippen LogP contribution in [0.3, 0.4) is 0 Å². The van der Waals surface area contributed by atoms with E-state index in [1.54, 1.807) is 12.1 Å². The van der Waals surface area contributed by atoms with Crippen LogP contribution in [-0.2, 0) is 14.8 Å². The maximum absolute atomic E-state index is 11.9. The van der Waals surface area contributed by atoms with Gasteiger partial charge in [0, 0.05) is 24.0 Å². The van der Waals surface area contributed by atoms with Crippen LogP contribution in [0.4, 0.5) is 0 Å². The average molecular weight is 317 g/mol. The molecule has 1 fully saturated rings. The summed E-state index contributed by atoms with van der Waals surface area (Å²) in [6.07, 6.45) is 2.96. The summed E-state index contributed by atoms with van der Waals surface area (Å²) >= 11 is 5.76. The minimum Gasteiger partial charge on any atom is -0.355 e. The highest BCUT2D eigenvalue weighted by Crippen LogP contribution is 2.25. The third kappa shape index (κ3) is 3.94. The zero-order valence-electron chi connectivity index (χ0n) is 10.9. The van der Waals surface area contributed by atoms with Gasteiger partial charge in [0.05, 0.1) is 4.90 Å². The summed E-state index contributed by atoms with van der Waals surface area (Å²) < 4.78 is 26.3. The number of hydrogen-bond donors (Lipinski definition) is 2. The number of benzene rings is 1. The molecule has 1 aliphatic rings. The van der Waals surface area contributed by atoms with Crippen LogP contribution in [0.15, 0.2) is 29.2 Å². The van der Waals surface area contributed by atoms with Gasteiger partial charge in [-0.05, 0) is 31.0 Å². The maximum Gasteiger partial charge on any atom is 0.240 e. The smallest absolute Gasteiger partial charge is 0.240 e. The second-order valence-corrected chi connectivity index (χ2v) is 6.98. The number of rotatable bonds is 6. The average Bonchev–Trinajstić information content (AvgIpc) is 2.32. The molecule has 0 saturated heterocycles. The Bertz CT molecular complexity index is 585.